The smallest absolute Gasteiger partial charge is 0.266 e. The lowest BCUT2D eigenvalue weighted by atomic mass is 10.3. The van der Waals surface area contributed by atoms with Gasteiger partial charge in [0, 0.05) is 33.3 Å². The normalized spacial score (nSPS) is 10.2. The minimum Gasteiger partial charge on any atom is -0.349 e. The minimum atomic E-state index is -0.0482. The second kappa shape index (κ2) is 5.97. The van der Waals surface area contributed by atoms with E-state index in [1.54, 1.807) is 19.0 Å². The predicted molar refractivity (Wildman–Crippen MR) is 69.1 cm³/mol. The SMILES string of the molecule is CN(C)C(=O)CCCn1cncc(I)c1=O. The van der Waals surface area contributed by atoms with E-state index in [-0.39, 0.29) is 11.5 Å². The first-order valence-electron chi connectivity index (χ1n) is 4.92. The molecule has 0 saturated heterocycles. The Morgan fingerprint density at radius 1 is 1.56 bits per heavy atom. The van der Waals surface area contributed by atoms with Crippen LogP contribution in [0.25, 0.3) is 0 Å². The quantitative estimate of drug-likeness (QED) is 0.762. The van der Waals surface area contributed by atoms with Gasteiger partial charge in [-0.2, -0.15) is 0 Å². The van der Waals surface area contributed by atoms with Crippen LogP contribution < -0.4 is 5.56 Å². The van der Waals surface area contributed by atoms with Crippen molar-refractivity contribution in [3.8, 4) is 0 Å². The molecule has 0 bridgehead atoms. The second-order valence-electron chi connectivity index (χ2n) is 3.63. The maximum absolute atomic E-state index is 11.6. The highest BCUT2D eigenvalue weighted by molar-refractivity contribution is 14.1. The van der Waals surface area contributed by atoms with E-state index < -0.39 is 0 Å². The average Bonchev–Trinajstić information content (AvgIpc) is 2.24. The van der Waals surface area contributed by atoms with Crippen LogP contribution in [-0.2, 0) is 11.3 Å². The van der Waals surface area contributed by atoms with Crippen LogP contribution in [0.5, 0.6) is 0 Å². The predicted octanol–water partition coefficient (Wildman–Crippen LogP) is 0.716. The van der Waals surface area contributed by atoms with Crippen LogP contribution in [0.15, 0.2) is 17.3 Å². The van der Waals surface area contributed by atoms with Crippen LogP contribution in [0.2, 0.25) is 0 Å². The van der Waals surface area contributed by atoms with Crippen LogP contribution in [0, 0.1) is 3.57 Å². The van der Waals surface area contributed by atoms with Crippen molar-refractivity contribution in [3.63, 3.8) is 0 Å². The summed E-state index contributed by atoms with van der Waals surface area (Å²) in [6.07, 6.45) is 4.14. The van der Waals surface area contributed by atoms with Gasteiger partial charge in [0.2, 0.25) is 5.91 Å². The van der Waals surface area contributed by atoms with Crippen molar-refractivity contribution >= 4 is 28.5 Å². The van der Waals surface area contributed by atoms with Crippen molar-refractivity contribution in [2.45, 2.75) is 19.4 Å². The summed E-state index contributed by atoms with van der Waals surface area (Å²) in [6.45, 7) is 0.530. The van der Waals surface area contributed by atoms with E-state index in [1.807, 2.05) is 22.6 Å². The number of carbonyl (C=O) groups excluding carboxylic acids is 1. The summed E-state index contributed by atoms with van der Waals surface area (Å²) >= 11 is 1.95. The first-order valence-corrected chi connectivity index (χ1v) is 6.00. The first kappa shape index (κ1) is 13.1. The Morgan fingerprint density at radius 3 is 2.88 bits per heavy atom. The van der Waals surface area contributed by atoms with Gasteiger partial charge in [-0.05, 0) is 29.0 Å². The Kier molecular flexibility index (Phi) is 4.91. The number of amides is 1. The maximum Gasteiger partial charge on any atom is 0.266 e. The number of halogens is 1. The molecule has 1 aromatic rings. The van der Waals surface area contributed by atoms with E-state index in [9.17, 15) is 9.59 Å². The van der Waals surface area contributed by atoms with Crippen molar-refractivity contribution in [3.05, 3.63) is 26.4 Å². The van der Waals surface area contributed by atoms with Gasteiger partial charge in [-0.1, -0.05) is 0 Å². The van der Waals surface area contributed by atoms with Gasteiger partial charge in [0.05, 0.1) is 9.90 Å². The molecule has 0 unspecified atom stereocenters. The van der Waals surface area contributed by atoms with E-state index >= 15 is 0 Å². The zero-order chi connectivity index (χ0) is 12.1. The highest BCUT2D eigenvalue weighted by Crippen LogP contribution is 1.98. The lowest BCUT2D eigenvalue weighted by Gasteiger charge is -2.10. The van der Waals surface area contributed by atoms with Gasteiger partial charge < -0.3 is 4.90 Å². The number of aryl methyl sites for hydroxylation is 1. The Hall–Kier alpha value is -0.920. The van der Waals surface area contributed by atoms with Crippen LogP contribution in [0.3, 0.4) is 0 Å². The zero-order valence-corrected chi connectivity index (χ0v) is 11.5. The molecule has 0 aliphatic rings. The molecule has 16 heavy (non-hydrogen) atoms. The first-order chi connectivity index (χ1) is 7.52. The highest BCUT2D eigenvalue weighted by atomic mass is 127. The van der Waals surface area contributed by atoms with Crippen LogP contribution >= 0.6 is 22.6 Å². The van der Waals surface area contributed by atoms with Gasteiger partial charge in [-0.3, -0.25) is 14.2 Å². The Balaban J connectivity index is 2.53. The molecule has 0 fully saturated rings. The molecule has 88 valence electrons. The molecule has 1 amide bonds. The van der Waals surface area contributed by atoms with Gasteiger partial charge in [-0.25, -0.2) is 4.98 Å². The molecule has 0 atom stereocenters. The molecule has 0 aliphatic carbocycles. The van der Waals surface area contributed by atoms with Gasteiger partial charge in [0.25, 0.3) is 5.56 Å². The fourth-order valence-electron chi connectivity index (χ4n) is 1.21. The molecule has 0 aliphatic heterocycles. The summed E-state index contributed by atoms with van der Waals surface area (Å²) in [6, 6.07) is 0. The molecule has 1 rings (SSSR count). The lowest BCUT2D eigenvalue weighted by molar-refractivity contribution is -0.128. The average molecular weight is 335 g/mol. The number of hydrogen-bond donors (Lipinski definition) is 0. The van der Waals surface area contributed by atoms with Gasteiger partial charge in [-0.15, -0.1) is 0 Å². The summed E-state index contributed by atoms with van der Waals surface area (Å²) in [5.74, 6) is 0.0756. The van der Waals surface area contributed by atoms with E-state index in [0.717, 1.165) is 0 Å². The third kappa shape index (κ3) is 3.58. The number of nitrogens with zero attached hydrogens (tertiary/aromatic N) is 3. The number of rotatable bonds is 4. The number of hydrogen-bond acceptors (Lipinski definition) is 3. The van der Waals surface area contributed by atoms with Crippen molar-refractivity contribution < 1.29 is 4.79 Å². The van der Waals surface area contributed by atoms with Crippen LogP contribution in [0.1, 0.15) is 12.8 Å². The van der Waals surface area contributed by atoms with E-state index in [4.69, 9.17) is 0 Å². The Morgan fingerprint density at radius 2 is 2.25 bits per heavy atom. The van der Waals surface area contributed by atoms with E-state index in [2.05, 4.69) is 4.98 Å². The summed E-state index contributed by atoms with van der Waals surface area (Å²) in [5.41, 5.74) is -0.0482. The van der Waals surface area contributed by atoms with E-state index in [0.29, 0.717) is 23.0 Å². The summed E-state index contributed by atoms with van der Waals surface area (Å²) in [4.78, 5) is 28.4. The monoisotopic (exact) mass is 335 g/mol. The summed E-state index contributed by atoms with van der Waals surface area (Å²) < 4.78 is 2.13. The van der Waals surface area contributed by atoms with Crippen LogP contribution in [0.4, 0.5) is 0 Å². The van der Waals surface area contributed by atoms with Gasteiger partial charge >= 0.3 is 0 Å². The van der Waals surface area contributed by atoms with Gasteiger partial charge in [0.15, 0.2) is 0 Å². The highest BCUT2D eigenvalue weighted by Gasteiger charge is 2.05. The largest absolute Gasteiger partial charge is 0.349 e. The molecule has 6 heteroatoms. The third-order valence-corrected chi connectivity index (χ3v) is 2.89. The van der Waals surface area contributed by atoms with E-state index in [1.165, 1.54) is 17.1 Å². The number of aromatic nitrogens is 2. The Bertz CT molecular complexity index is 428. The standard InChI is InChI=1S/C10H14IN3O2/c1-13(2)9(15)4-3-5-14-7-12-6-8(11)10(14)16/h6-7H,3-5H2,1-2H3. The second-order valence-corrected chi connectivity index (χ2v) is 4.79. The number of carbonyl (C=O) groups is 1. The fraction of sp³-hybridized carbons (Fsp3) is 0.500. The van der Waals surface area contributed by atoms with Gasteiger partial charge in [0.1, 0.15) is 0 Å². The molecule has 0 saturated carbocycles. The third-order valence-electron chi connectivity index (χ3n) is 2.15. The van der Waals surface area contributed by atoms with Crippen molar-refractivity contribution in [1.29, 1.82) is 0 Å². The molecule has 0 aromatic carbocycles. The summed E-state index contributed by atoms with van der Waals surface area (Å²) in [7, 11) is 3.45. The molecular formula is C10H14IN3O2. The van der Waals surface area contributed by atoms with Crippen molar-refractivity contribution in [2.24, 2.45) is 0 Å². The molecule has 1 heterocycles. The van der Waals surface area contributed by atoms with Crippen LogP contribution in [-0.4, -0.2) is 34.5 Å². The molecule has 0 radical (unpaired) electrons. The minimum absolute atomic E-state index is 0.0482. The topological polar surface area (TPSA) is 55.2 Å². The molecule has 0 N–H and O–H groups in total. The summed E-state index contributed by atoms with van der Waals surface area (Å²) in [5, 5.41) is 0. The maximum atomic E-state index is 11.6. The fourth-order valence-corrected chi connectivity index (χ4v) is 1.68. The Labute approximate surface area is 108 Å². The lowest BCUT2D eigenvalue weighted by Crippen LogP contribution is -2.25. The van der Waals surface area contributed by atoms with Crippen molar-refractivity contribution in [1.82, 2.24) is 14.5 Å². The zero-order valence-electron chi connectivity index (χ0n) is 9.31. The molecule has 0 spiro atoms. The van der Waals surface area contributed by atoms with Crippen molar-refractivity contribution in [2.75, 3.05) is 14.1 Å². The molecule has 1 aromatic heterocycles. The molecular weight excluding hydrogens is 321 g/mol. The molecule has 5 nitrogen and oxygen atoms in total.